The van der Waals surface area contributed by atoms with Gasteiger partial charge >= 0.3 is 0 Å². The third kappa shape index (κ3) is 1.44. The van der Waals surface area contributed by atoms with E-state index >= 15 is 0 Å². The molecule has 3 fully saturated rings. The van der Waals surface area contributed by atoms with Crippen molar-refractivity contribution in [2.24, 2.45) is 17.6 Å². The molecule has 0 spiro atoms. The lowest BCUT2D eigenvalue weighted by Crippen LogP contribution is -2.59. The molecule has 0 aromatic rings. The molecule has 0 aromatic carbocycles. The van der Waals surface area contributed by atoms with Gasteiger partial charge in [0.2, 0.25) is 5.91 Å². The van der Waals surface area contributed by atoms with E-state index in [1.54, 1.807) is 0 Å². The number of aliphatic hydroxyl groups excluding tert-OH is 1. The number of rotatable bonds is 2. The molecule has 13 heavy (non-hydrogen) atoms. The maximum atomic E-state index is 11.4. The number of carbonyl (C=O) groups excluding carboxylic acids is 1. The summed E-state index contributed by atoms with van der Waals surface area (Å²) in [5, 5.41) is 9.49. The Morgan fingerprint density at radius 2 is 2.08 bits per heavy atom. The first kappa shape index (κ1) is 8.97. The lowest BCUT2D eigenvalue weighted by Gasteiger charge is -2.51. The number of nitrogens with two attached hydrogens (primary N) is 1. The number of nitrogens with zero attached hydrogens (tertiary/aromatic N) is 1. The van der Waals surface area contributed by atoms with Crippen molar-refractivity contribution < 1.29 is 9.90 Å². The van der Waals surface area contributed by atoms with Crippen LogP contribution < -0.4 is 5.73 Å². The van der Waals surface area contributed by atoms with Crippen LogP contribution in [0.25, 0.3) is 0 Å². The summed E-state index contributed by atoms with van der Waals surface area (Å²) < 4.78 is 0. The SMILES string of the molecule is NCCC(=O)N1C[C@H]2C[C@@H](C1)C2O. The summed E-state index contributed by atoms with van der Waals surface area (Å²) in [6.45, 7) is 1.89. The summed E-state index contributed by atoms with van der Waals surface area (Å²) in [7, 11) is 0. The average Bonchev–Trinajstić information content (AvgIpc) is 2.17. The van der Waals surface area contributed by atoms with Crippen molar-refractivity contribution >= 4 is 5.91 Å². The summed E-state index contributed by atoms with van der Waals surface area (Å²) in [5.41, 5.74) is 5.31. The van der Waals surface area contributed by atoms with Crippen LogP contribution in [-0.2, 0) is 4.79 Å². The summed E-state index contributed by atoms with van der Waals surface area (Å²) in [5.74, 6) is 0.810. The molecule has 1 saturated carbocycles. The number of hydrogen-bond acceptors (Lipinski definition) is 3. The van der Waals surface area contributed by atoms with Crippen LogP contribution in [0, 0.1) is 11.8 Å². The highest BCUT2D eigenvalue weighted by Crippen LogP contribution is 2.39. The topological polar surface area (TPSA) is 66.6 Å². The Labute approximate surface area is 77.7 Å². The molecule has 3 N–H and O–H groups in total. The van der Waals surface area contributed by atoms with Crippen molar-refractivity contribution in [2.45, 2.75) is 18.9 Å². The molecule has 3 aliphatic rings. The molecule has 2 heterocycles. The predicted octanol–water partition coefficient (Wildman–Crippen LogP) is -0.826. The first-order valence-corrected chi connectivity index (χ1v) is 4.88. The molecule has 4 heteroatoms. The number of carbonyl (C=O) groups is 1. The number of fused-ring (bicyclic) bond motifs is 2. The summed E-state index contributed by atoms with van der Waals surface area (Å²) in [6, 6.07) is 0. The second kappa shape index (κ2) is 3.27. The van der Waals surface area contributed by atoms with Gasteiger partial charge in [0.25, 0.3) is 0 Å². The van der Waals surface area contributed by atoms with Crippen molar-refractivity contribution in [2.75, 3.05) is 19.6 Å². The van der Waals surface area contributed by atoms with Crippen molar-refractivity contribution in [3.05, 3.63) is 0 Å². The number of hydrogen-bond donors (Lipinski definition) is 2. The van der Waals surface area contributed by atoms with E-state index in [0.717, 1.165) is 19.5 Å². The molecule has 2 saturated heterocycles. The zero-order valence-corrected chi connectivity index (χ0v) is 7.65. The van der Waals surface area contributed by atoms with Crippen molar-refractivity contribution in [3.63, 3.8) is 0 Å². The van der Waals surface area contributed by atoms with Crippen LogP contribution in [0.2, 0.25) is 0 Å². The second-order valence-electron chi connectivity index (χ2n) is 4.08. The Morgan fingerprint density at radius 3 is 2.54 bits per heavy atom. The van der Waals surface area contributed by atoms with E-state index in [0.29, 0.717) is 24.8 Å². The Morgan fingerprint density at radius 1 is 1.46 bits per heavy atom. The standard InChI is InChI=1S/C9H16N2O2/c10-2-1-8(12)11-4-6-3-7(5-11)9(6)13/h6-7,9,13H,1-5,10H2/t6-,7+,9?. The predicted molar refractivity (Wildman–Crippen MR) is 47.9 cm³/mol. The highest BCUT2D eigenvalue weighted by Gasteiger charge is 2.46. The summed E-state index contributed by atoms with van der Waals surface area (Å²) in [4.78, 5) is 13.3. The maximum Gasteiger partial charge on any atom is 0.223 e. The molecule has 4 nitrogen and oxygen atoms in total. The van der Waals surface area contributed by atoms with E-state index < -0.39 is 0 Å². The third-order valence-electron chi connectivity index (χ3n) is 3.19. The number of amides is 1. The van der Waals surface area contributed by atoms with Crippen LogP contribution in [0.1, 0.15) is 12.8 Å². The van der Waals surface area contributed by atoms with Gasteiger partial charge in [-0.15, -0.1) is 0 Å². The quantitative estimate of drug-likeness (QED) is 0.589. The van der Waals surface area contributed by atoms with Gasteiger partial charge in [-0.3, -0.25) is 4.79 Å². The van der Waals surface area contributed by atoms with E-state index in [9.17, 15) is 9.90 Å². The van der Waals surface area contributed by atoms with E-state index in [4.69, 9.17) is 5.73 Å². The van der Waals surface area contributed by atoms with E-state index in [2.05, 4.69) is 0 Å². The van der Waals surface area contributed by atoms with Gasteiger partial charge in [-0.25, -0.2) is 0 Å². The highest BCUT2D eigenvalue weighted by atomic mass is 16.3. The van der Waals surface area contributed by atoms with Crippen LogP contribution in [0.3, 0.4) is 0 Å². The minimum Gasteiger partial charge on any atom is -0.392 e. The normalized spacial score (nSPS) is 37.1. The highest BCUT2D eigenvalue weighted by molar-refractivity contribution is 5.76. The van der Waals surface area contributed by atoms with Gasteiger partial charge in [0.05, 0.1) is 6.10 Å². The molecule has 3 atom stereocenters. The second-order valence-corrected chi connectivity index (χ2v) is 4.08. The first-order valence-electron chi connectivity index (χ1n) is 4.88. The molecule has 1 aliphatic carbocycles. The summed E-state index contributed by atoms with van der Waals surface area (Å²) >= 11 is 0. The zero-order chi connectivity index (χ0) is 9.42. The minimum absolute atomic E-state index is 0.143. The van der Waals surface area contributed by atoms with Crippen LogP contribution in [0.4, 0.5) is 0 Å². The first-order chi connectivity index (χ1) is 6.22. The number of piperidine rings is 2. The largest absolute Gasteiger partial charge is 0.392 e. The van der Waals surface area contributed by atoms with Crippen LogP contribution in [0.5, 0.6) is 0 Å². The lowest BCUT2D eigenvalue weighted by molar-refractivity contribution is -0.150. The molecular weight excluding hydrogens is 168 g/mol. The fourth-order valence-corrected chi connectivity index (χ4v) is 2.35. The molecule has 0 radical (unpaired) electrons. The summed E-state index contributed by atoms with van der Waals surface area (Å²) in [6.07, 6.45) is 1.38. The molecule has 2 aliphatic heterocycles. The Bertz CT molecular complexity index is 208. The van der Waals surface area contributed by atoms with Crippen LogP contribution in [0.15, 0.2) is 0 Å². The van der Waals surface area contributed by atoms with Gasteiger partial charge in [0.15, 0.2) is 0 Å². The van der Waals surface area contributed by atoms with Crippen LogP contribution >= 0.6 is 0 Å². The van der Waals surface area contributed by atoms with Crippen molar-refractivity contribution in [3.8, 4) is 0 Å². The monoisotopic (exact) mass is 184 g/mol. The zero-order valence-electron chi connectivity index (χ0n) is 7.65. The molecule has 1 amide bonds. The van der Waals surface area contributed by atoms with E-state index in [1.165, 1.54) is 0 Å². The Kier molecular flexibility index (Phi) is 2.26. The smallest absolute Gasteiger partial charge is 0.223 e. The van der Waals surface area contributed by atoms with Gasteiger partial charge in [0.1, 0.15) is 0 Å². The van der Waals surface area contributed by atoms with Gasteiger partial charge in [-0.05, 0) is 6.42 Å². The number of aliphatic hydroxyl groups is 1. The fraction of sp³-hybridized carbons (Fsp3) is 0.889. The Hall–Kier alpha value is -0.610. The molecule has 74 valence electrons. The van der Waals surface area contributed by atoms with Gasteiger partial charge in [-0.1, -0.05) is 0 Å². The van der Waals surface area contributed by atoms with Gasteiger partial charge < -0.3 is 15.7 Å². The van der Waals surface area contributed by atoms with Crippen molar-refractivity contribution in [1.29, 1.82) is 0 Å². The molecule has 1 unspecified atom stereocenters. The molecule has 0 aromatic heterocycles. The third-order valence-corrected chi connectivity index (χ3v) is 3.19. The maximum absolute atomic E-state index is 11.4. The van der Waals surface area contributed by atoms with Gasteiger partial charge in [-0.2, -0.15) is 0 Å². The molecule has 3 rings (SSSR count). The van der Waals surface area contributed by atoms with Crippen LogP contribution in [-0.4, -0.2) is 41.7 Å². The van der Waals surface area contributed by atoms with E-state index in [1.807, 2.05) is 4.90 Å². The van der Waals surface area contributed by atoms with Crippen molar-refractivity contribution in [1.82, 2.24) is 4.90 Å². The Balaban J connectivity index is 1.88. The molecule has 2 bridgehead atoms. The van der Waals surface area contributed by atoms with Gasteiger partial charge in [0, 0.05) is 37.9 Å². The fourth-order valence-electron chi connectivity index (χ4n) is 2.35. The average molecular weight is 184 g/mol. The van der Waals surface area contributed by atoms with E-state index in [-0.39, 0.29) is 12.0 Å². The minimum atomic E-state index is -0.151. The lowest BCUT2D eigenvalue weighted by atomic mass is 9.68. The molecular formula is C9H16N2O2.